The van der Waals surface area contributed by atoms with Crippen molar-refractivity contribution in [2.45, 2.75) is 65.3 Å². The molecule has 1 aliphatic carbocycles. The lowest BCUT2D eigenvalue weighted by Gasteiger charge is -2.42. The zero-order chi connectivity index (χ0) is 13.7. The van der Waals surface area contributed by atoms with Crippen molar-refractivity contribution < 1.29 is 0 Å². The minimum Gasteiger partial charge on any atom is -0.317 e. The predicted octanol–water partition coefficient (Wildman–Crippen LogP) is 3.52. The molecular formula is C17H34N2. The van der Waals surface area contributed by atoms with E-state index >= 15 is 0 Å². The molecule has 1 N–H and O–H groups in total. The van der Waals surface area contributed by atoms with E-state index in [0.29, 0.717) is 0 Å². The van der Waals surface area contributed by atoms with Crippen LogP contribution in [0, 0.1) is 17.8 Å². The molecule has 2 atom stereocenters. The highest BCUT2D eigenvalue weighted by Gasteiger charge is 2.30. The quantitative estimate of drug-likeness (QED) is 0.819. The molecule has 19 heavy (non-hydrogen) atoms. The standard InChI is InChI=1S/C17H34N2/c1-4-18-13-15-8-10-19(11-9-15)17-7-5-6-16(12-17)14(2)3/h14-18H,4-13H2,1-3H3. The van der Waals surface area contributed by atoms with Crippen LogP contribution >= 0.6 is 0 Å². The fourth-order valence-corrected chi connectivity index (χ4v) is 4.01. The maximum atomic E-state index is 3.52. The lowest BCUT2D eigenvalue weighted by atomic mass is 9.78. The third kappa shape index (κ3) is 4.46. The van der Waals surface area contributed by atoms with Crippen LogP contribution in [0.2, 0.25) is 0 Å². The lowest BCUT2D eigenvalue weighted by molar-refractivity contribution is 0.0795. The second-order valence-electron chi connectivity index (χ2n) is 7.11. The summed E-state index contributed by atoms with van der Waals surface area (Å²) in [5, 5.41) is 3.52. The van der Waals surface area contributed by atoms with Crippen molar-refractivity contribution in [1.82, 2.24) is 10.2 Å². The van der Waals surface area contributed by atoms with Gasteiger partial charge in [0.05, 0.1) is 0 Å². The minimum atomic E-state index is 0.883. The second-order valence-corrected chi connectivity index (χ2v) is 7.11. The van der Waals surface area contributed by atoms with E-state index in [4.69, 9.17) is 0 Å². The maximum absolute atomic E-state index is 3.52. The molecule has 0 aromatic carbocycles. The molecular weight excluding hydrogens is 232 g/mol. The minimum absolute atomic E-state index is 0.883. The molecule has 1 saturated carbocycles. The van der Waals surface area contributed by atoms with Gasteiger partial charge in [0.2, 0.25) is 0 Å². The van der Waals surface area contributed by atoms with E-state index in [9.17, 15) is 0 Å². The van der Waals surface area contributed by atoms with Crippen LogP contribution in [0.25, 0.3) is 0 Å². The highest BCUT2D eigenvalue weighted by Crippen LogP contribution is 2.34. The number of nitrogens with one attached hydrogen (secondary N) is 1. The van der Waals surface area contributed by atoms with E-state index in [1.165, 1.54) is 58.2 Å². The van der Waals surface area contributed by atoms with Crippen LogP contribution < -0.4 is 5.32 Å². The summed E-state index contributed by atoms with van der Waals surface area (Å²) in [4.78, 5) is 2.82. The topological polar surface area (TPSA) is 15.3 Å². The van der Waals surface area contributed by atoms with Crippen LogP contribution in [0.5, 0.6) is 0 Å². The molecule has 2 fully saturated rings. The van der Waals surface area contributed by atoms with E-state index in [-0.39, 0.29) is 0 Å². The van der Waals surface area contributed by atoms with Crippen LogP contribution in [-0.4, -0.2) is 37.1 Å². The largest absolute Gasteiger partial charge is 0.317 e. The number of likely N-dealkylation sites (tertiary alicyclic amines) is 1. The summed E-state index contributed by atoms with van der Waals surface area (Å²) in [6, 6.07) is 0.904. The van der Waals surface area contributed by atoms with E-state index in [2.05, 4.69) is 31.0 Å². The molecule has 2 unspecified atom stereocenters. The van der Waals surface area contributed by atoms with Gasteiger partial charge >= 0.3 is 0 Å². The number of rotatable bonds is 5. The van der Waals surface area contributed by atoms with Crippen molar-refractivity contribution in [3.8, 4) is 0 Å². The average molecular weight is 266 g/mol. The van der Waals surface area contributed by atoms with Crippen LogP contribution in [0.4, 0.5) is 0 Å². The summed E-state index contributed by atoms with van der Waals surface area (Å²) in [6.45, 7) is 12.1. The SMILES string of the molecule is CCNCC1CCN(C2CCCC(C(C)C)C2)CC1. The molecule has 0 aromatic heterocycles. The van der Waals surface area contributed by atoms with Gasteiger partial charge in [-0.3, -0.25) is 0 Å². The molecule has 0 aromatic rings. The molecule has 0 amide bonds. The van der Waals surface area contributed by atoms with Gasteiger partial charge < -0.3 is 10.2 Å². The number of hydrogen-bond acceptors (Lipinski definition) is 2. The molecule has 112 valence electrons. The molecule has 1 heterocycles. The Balaban J connectivity index is 1.74. The fraction of sp³-hybridized carbons (Fsp3) is 1.00. The van der Waals surface area contributed by atoms with Gasteiger partial charge in [0.25, 0.3) is 0 Å². The first-order valence-electron chi connectivity index (χ1n) is 8.65. The van der Waals surface area contributed by atoms with Crippen molar-refractivity contribution in [2.24, 2.45) is 17.8 Å². The van der Waals surface area contributed by atoms with E-state index in [1.54, 1.807) is 0 Å². The smallest absolute Gasteiger partial charge is 0.00979 e. The lowest BCUT2D eigenvalue weighted by Crippen LogP contribution is -2.45. The molecule has 2 nitrogen and oxygen atoms in total. The monoisotopic (exact) mass is 266 g/mol. The Bertz CT molecular complexity index is 244. The summed E-state index contributed by atoms with van der Waals surface area (Å²) in [5.74, 6) is 2.80. The van der Waals surface area contributed by atoms with Crippen LogP contribution in [0.15, 0.2) is 0 Å². The molecule has 2 heteroatoms. The number of piperidine rings is 1. The third-order valence-corrected chi connectivity index (χ3v) is 5.48. The van der Waals surface area contributed by atoms with Crippen LogP contribution in [-0.2, 0) is 0 Å². The molecule has 1 aliphatic heterocycles. The summed E-state index contributed by atoms with van der Waals surface area (Å²) in [7, 11) is 0. The zero-order valence-corrected chi connectivity index (χ0v) is 13.3. The van der Waals surface area contributed by atoms with Gasteiger partial charge in [-0.1, -0.05) is 33.6 Å². The highest BCUT2D eigenvalue weighted by atomic mass is 15.2. The van der Waals surface area contributed by atoms with E-state index < -0.39 is 0 Å². The molecule has 0 radical (unpaired) electrons. The molecule has 0 spiro atoms. The Kier molecular flexibility index (Phi) is 6.15. The number of nitrogens with zero attached hydrogens (tertiary/aromatic N) is 1. The Labute approximate surface area is 120 Å². The van der Waals surface area contributed by atoms with Crippen molar-refractivity contribution in [3.63, 3.8) is 0 Å². The predicted molar refractivity (Wildman–Crippen MR) is 83.4 cm³/mol. The van der Waals surface area contributed by atoms with Crippen molar-refractivity contribution in [3.05, 3.63) is 0 Å². The normalized spacial score (nSPS) is 30.9. The summed E-state index contributed by atoms with van der Waals surface area (Å²) in [6.07, 6.45) is 8.69. The summed E-state index contributed by atoms with van der Waals surface area (Å²) >= 11 is 0. The van der Waals surface area contributed by atoms with Gasteiger partial charge in [0.1, 0.15) is 0 Å². The molecule has 0 bridgehead atoms. The Morgan fingerprint density at radius 3 is 2.47 bits per heavy atom. The van der Waals surface area contributed by atoms with E-state index in [1.807, 2.05) is 0 Å². The van der Waals surface area contributed by atoms with Crippen molar-refractivity contribution in [1.29, 1.82) is 0 Å². The van der Waals surface area contributed by atoms with Gasteiger partial charge in [-0.2, -0.15) is 0 Å². The first kappa shape index (κ1) is 15.3. The van der Waals surface area contributed by atoms with Crippen molar-refractivity contribution >= 4 is 0 Å². The summed E-state index contributed by atoms with van der Waals surface area (Å²) < 4.78 is 0. The first-order valence-corrected chi connectivity index (χ1v) is 8.65. The molecule has 2 rings (SSSR count). The summed E-state index contributed by atoms with van der Waals surface area (Å²) in [5.41, 5.74) is 0. The van der Waals surface area contributed by atoms with Gasteiger partial charge in [-0.25, -0.2) is 0 Å². The number of hydrogen-bond donors (Lipinski definition) is 1. The molecule has 2 aliphatic rings. The van der Waals surface area contributed by atoms with Gasteiger partial charge in [-0.05, 0) is 69.6 Å². The maximum Gasteiger partial charge on any atom is 0.00979 e. The van der Waals surface area contributed by atoms with Gasteiger partial charge in [-0.15, -0.1) is 0 Å². The first-order chi connectivity index (χ1) is 9.20. The van der Waals surface area contributed by atoms with Crippen molar-refractivity contribution in [2.75, 3.05) is 26.2 Å². The third-order valence-electron chi connectivity index (χ3n) is 5.48. The van der Waals surface area contributed by atoms with Crippen LogP contribution in [0.3, 0.4) is 0 Å². The average Bonchev–Trinajstić information content (AvgIpc) is 2.46. The van der Waals surface area contributed by atoms with E-state index in [0.717, 1.165) is 30.3 Å². The Morgan fingerprint density at radius 2 is 1.84 bits per heavy atom. The van der Waals surface area contributed by atoms with Gasteiger partial charge in [0, 0.05) is 6.04 Å². The van der Waals surface area contributed by atoms with Gasteiger partial charge in [0.15, 0.2) is 0 Å². The van der Waals surface area contributed by atoms with Crippen LogP contribution in [0.1, 0.15) is 59.3 Å². The fourth-order valence-electron chi connectivity index (χ4n) is 4.01. The second kappa shape index (κ2) is 7.64. The Hall–Kier alpha value is -0.0800. The highest BCUT2D eigenvalue weighted by molar-refractivity contribution is 4.84. The molecule has 1 saturated heterocycles. The Morgan fingerprint density at radius 1 is 1.11 bits per heavy atom. The zero-order valence-electron chi connectivity index (χ0n) is 13.3.